The number of benzene rings is 1. The van der Waals surface area contributed by atoms with Crippen LogP contribution < -0.4 is 0 Å². The van der Waals surface area contributed by atoms with Gasteiger partial charge in [0.05, 0.1) is 10.6 Å². The molecule has 0 bridgehead atoms. The van der Waals surface area contributed by atoms with E-state index in [1.807, 2.05) is 20.8 Å². The Labute approximate surface area is 115 Å². The van der Waals surface area contributed by atoms with E-state index in [4.69, 9.17) is 11.6 Å². The third kappa shape index (κ3) is 2.48. The molecule has 0 radical (unpaired) electrons. The second kappa shape index (κ2) is 4.90. The number of aromatic nitrogens is 3. The first-order valence-electron chi connectivity index (χ1n) is 5.86. The fourth-order valence-electron chi connectivity index (χ4n) is 2.00. The lowest BCUT2D eigenvalue weighted by molar-refractivity contribution is 0.250. The third-order valence-corrected chi connectivity index (χ3v) is 3.04. The molecule has 0 aliphatic carbocycles. The number of hydrogen-bond acceptors (Lipinski definition) is 3. The van der Waals surface area contributed by atoms with Gasteiger partial charge in [0.1, 0.15) is 12.4 Å². The number of halogens is 2. The molecule has 19 heavy (non-hydrogen) atoms. The molecule has 4 nitrogen and oxygen atoms in total. The zero-order valence-corrected chi connectivity index (χ0v) is 11.7. The molecule has 0 fully saturated rings. The Kier molecular flexibility index (Phi) is 3.60. The first kappa shape index (κ1) is 14.0. The van der Waals surface area contributed by atoms with Gasteiger partial charge in [0.2, 0.25) is 0 Å². The minimum absolute atomic E-state index is 0.200. The average molecular weight is 284 g/mol. The van der Waals surface area contributed by atoms with Crippen LogP contribution in [0.3, 0.4) is 0 Å². The summed E-state index contributed by atoms with van der Waals surface area (Å²) in [6, 6.07) is 4.45. The lowest BCUT2D eigenvalue weighted by atomic mass is 10.1. The lowest BCUT2D eigenvalue weighted by Gasteiger charge is -2.25. The maximum atomic E-state index is 14.0. The van der Waals surface area contributed by atoms with Gasteiger partial charge in [-0.05, 0) is 32.9 Å². The molecule has 0 atom stereocenters. The molecule has 1 heterocycles. The maximum Gasteiger partial charge on any atom is 0.169 e. The van der Waals surface area contributed by atoms with Crippen LogP contribution in [-0.2, 0) is 12.1 Å². The van der Waals surface area contributed by atoms with Crippen molar-refractivity contribution in [1.29, 1.82) is 0 Å². The van der Waals surface area contributed by atoms with Gasteiger partial charge in [-0.15, -0.1) is 10.2 Å². The highest BCUT2D eigenvalue weighted by atomic mass is 35.5. The number of aliphatic hydroxyl groups is 1. The van der Waals surface area contributed by atoms with Gasteiger partial charge in [0.25, 0.3) is 0 Å². The Balaban J connectivity index is 2.74. The van der Waals surface area contributed by atoms with Gasteiger partial charge in [-0.1, -0.05) is 17.7 Å². The van der Waals surface area contributed by atoms with Crippen LogP contribution in [0.5, 0.6) is 0 Å². The minimum atomic E-state index is -0.463. The number of nitrogens with zero attached hydrogens (tertiary/aromatic N) is 3. The summed E-state index contributed by atoms with van der Waals surface area (Å²) in [4.78, 5) is 0. The molecule has 6 heteroatoms. The van der Waals surface area contributed by atoms with Gasteiger partial charge in [-0.3, -0.25) is 0 Å². The van der Waals surface area contributed by atoms with E-state index in [0.717, 1.165) is 0 Å². The molecular weight excluding hydrogens is 269 g/mol. The SMILES string of the molecule is CC(C)(C)n1c(CO)nnc1-c1c(F)cccc1Cl. The highest BCUT2D eigenvalue weighted by Crippen LogP contribution is 2.32. The van der Waals surface area contributed by atoms with Crippen LogP contribution >= 0.6 is 11.6 Å². The van der Waals surface area contributed by atoms with Crippen molar-refractivity contribution >= 4 is 11.6 Å². The monoisotopic (exact) mass is 283 g/mol. The smallest absolute Gasteiger partial charge is 0.169 e. The van der Waals surface area contributed by atoms with Crippen molar-refractivity contribution in [3.05, 3.63) is 34.9 Å². The molecule has 102 valence electrons. The molecular formula is C13H15ClFN3O. The van der Waals surface area contributed by atoms with E-state index in [-0.39, 0.29) is 17.2 Å². The molecule has 2 rings (SSSR count). The summed E-state index contributed by atoms with van der Waals surface area (Å²) in [7, 11) is 0. The van der Waals surface area contributed by atoms with Crippen LogP contribution in [0.25, 0.3) is 11.4 Å². The van der Waals surface area contributed by atoms with Crippen molar-refractivity contribution in [2.45, 2.75) is 32.9 Å². The molecule has 0 amide bonds. The number of hydrogen-bond donors (Lipinski definition) is 1. The molecule has 2 aromatic rings. The van der Waals surface area contributed by atoms with E-state index >= 15 is 0 Å². The Hall–Kier alpha value is -1.46. The van der Waals surface area contributed by atoms with E-state index < -0.39 is 11.4 Å². The summed E-state index contributed by atoms with van der Waals surface area (Å²) in [6.07, 6.45) is 0. The third-order valence-electron chi connectivity index (χ3n) is 2.73. The Bertz CT molecular complexity index is 584. The standard InChI is InChI=1S/C13H15ClFN3O/c1-13(2,3)18-10(7-19)16-17-12(18)11-8(14)5-4-6-9(11)15/h4-6,19H,7H2,1-3H3. The quantitative estimate of drug-likeness (QED) is 0.922. The Morgan fingerprint density at radius 2 is 2.00 bits per heavy atom. The molecule has 0 spiro atoms. The fraction of sp³-hybridized carbons (Fsp3) is 0.385. The van der Waals surface area contributed by atoms with E-state index in [9.17, 15) is 9.50 Å². The van der Waals surface area contributed by atoms with Crippen molar-refractivity contribution in [3.63, 3.8) is 0 Å². The molecule has 1 aromatic heterocycles. The summed E-state index contributed by atoms with van der Waals surface area (Å²) in [5.41, 5.74) is -0.200. The summed E-state index contributed by atoms with van der Waals surface area (Å²) < 4.78 is 15.7. The predicted octanol–water partition coefficient (Wildman–Crippen LogP) is 2.98. The number of rotatable bonds is 2. The van der Waals surface area contributed by atoms with Crippen molar-refractivity contribution in [2.24, 2.45) is 0 Å². The van der Waals surface area contributed by atoms with Crippen molar-refractivity contribution in [3.8, 4) is 11.4 Å². The summed E-state index contributed by atoms with van der Waals surface area (Å²) >= 11 is 6.05. The van der Waals surface area contributed by atoms with Crippen LogP contribution in [0.15, 0.2) is 18.2 Å². The molecule has 0 aliphatic rings. The molecule has 0 unspecified atom stereocenters. The van der Waals surface area contributed by atoms with Crippen molar-refractivity contribution in [2.75, 3.05) is 0 Å². The van der Waals surface area contributed by atoms with Crippen LogP contribution in [0.4, 0.5) is 4.39 Å². The first-order chi connectivity index (χ1) is 8.86. The highest BCUT2D eigenvalue weighted by Gasteiger charge is 2.26. The van der Waals surface area contributed by atoms with Gasteiger partial charge in [-0.2, -0.15) is 0 Å². The maximum absolute atomic E-state index is 14.0. The molecule has 0 saturated carbocycles. The Morgan fingerprint density at radius 3 is 2.53 bits per heavy atom. The van der Waals surface area contributed by atoms with Crippen molar-refractivity contribution < 1.29 is 9.50 Å². The van der Waals surface area contributed by atoms with Crippen LogP contribution in [0.2, 0.25) is 5.02 Å². The van der Waals surface area contributed by atoms with E-state index in [2.05, 4.69) is 10.2 Å². The predicted molar refractivity (Wildman–Crippen MR) is 71.3 cm³/mol. The van der Waals surface area contributed by atoms with Gasteiger partial charge in [-0.25, -0.2) is 4.39 Å². The van der Waals surface area contributed by atoms with Crippen molar-refractivity contribution in [1.82, 2.24) is 14.8 Å². The topological polar surface area (TPSA) is 50.9 Å². The molecule has 0 saturated heterocycles. The average Bonchev–Trinajstić information content (AvgIpc) is 2.72. The van der Waals surface area contributed by atoms with Gasteiger partial charge >= 0.3 is 0 Å². The molecule has 1 N–H and O–H groups in total. The largest absolute Gasteiger partial charge is 0.388 e. The fourth-order valence-corrected chi connectivity index (χ4v) is 2.24. The highest BCUT2D eigenvalue weighted by molar-refractivity contribution is 6.33. The van der Waals surface area contributed by atoms with Crippen LogP contribution in [0, 0.1) is 5.82 Å². The van der Waals surface area contributed by atoms with Gasteiger partial charge in [0, 0.05) is 5.54 Å². The normalized spacial score (nSPS) is 11.9. The van der Waals surface area contributed by atoms with E-state index in [1.54, 1.807) is 10.6 Å². The summed E-state index contributed by atoms with van der Waals surface area (Å²) in [5, 5.41) is 17.5. The zero-order valence-electron chi connectivity index (χ0n) is 11.0. The lowest BCUT2D eigenvalue weighted by Crippen LogP contribution is -2.25. The summed E-state index contributed by atoms with van der Waals surface area (Å²) in [6.45, 7) is 5.51. The van der Waals surface area contributed by atoms with Crippen LogP contribution in [0.1, 0.15) is 26.6 Å². The van der Waals surface area contributed by atoms with Crippen LogP contribution in [-0.4, -0.2) is 19.9 Å². The first-order valence-corrected chi connectivity index (χ1v) is 6.24. The Morgan fingerprint density at radius 1 is 1.32 bits per heavy atom. The van der Waals surface area contributed by atoms with E-state index in [1.165, 1.54) is 12.1 Å². The zero-order chi connectivity index (χ0) is 14.2. The van der Waals surface area contributed by atoms with E-state index in [0.29, 0.717) is 11.6 Å². The minimum Gasteiger partial charge on any atom is -0.388 e. The second-order valence-corrected chi connectivity index (χ2v) is 5.61. The summed E-state index contributed by atoms with van der Waals surface area (Å²) in [5.74, 6) is 0.233. The molecule has 0 aliphatic heterocycles. The van der Waals surface area contributed by atoms with Gasteiger partial charge < -0.3 is 9.67 Å². The molecule has 1 aromatic carbocycles. The van der Waals surface area contributed by atoms with Gasteiger partial charge in [0.15, 0.2) is 11.6 Å². The second-order valence-electron chi connectivity index (χ2n) is 5.20. The number of aliphatic hydroxyl groups excluding tert-OH is 1.